The van der Waals surface area contributed by atoms with Crippen molar-refractivity contribution < 1.29 is 9.50 Å². The lowest BCUT2D eigenvalue weighted by molar-refractivity contribution is 0.0520. The second kappa shape index (κ2) is 5.62. The van der Waals surface area contributed by atoms with Gasteiger partial charge in [0.2, 0.25) is 0 Å². The molecule has 0 fully saturated rings. The fraction of sp³-hybridized carbons (Fsp3) is 0.500. The Morgan fingerprint density at radius 3 is 2.75 bits per heavy atom. The highest BCUT2D eigenvalue weighted by atomic mass is 35.5. The maximum Gasteiger partial charge on any atom is 0.142 e. The third-order valence-corrected chi connectivity index (χ3v) is 2.79. The molecular weight excluding hydrogens is 229 g/mol. The molecule has 0 bridgehead atoms. The number of rotatable bonds is 5. The lowest BCUT2D eigenvalue weighted by atomic mass is 9.93. The van der Waals surface area contributed by atoms with E-state index in [9.17, 15) is 9.50 Å². The molecule has 0 aliphatic carbocycles. The summed E-state index contributed by atoms with van der Waals surface area (Å²) in [6.07, 6.45) is 1.04. The summed E-state index contributed by atoms with van der Waals surface area (Å²) in [5.74, 6) is -0.441. The largest absolute Gasteiger partial charge is 0.390 e. The quantitative estimate of drug-likeness (QED) is 0.835. The van der Waals surface area contributed by atoms with Gasteiger partial charge in [-0.15, -0.1) is 0 Å². The molecule has 4 heteroatoms. The predicted octanol–water partition coefficient (Wildman–Crippen LogP) is 2.38. The maximum atomic E-state index is 13.2. The lowest BCUT2D eigenvalue weighted by Gasteiger charge is -2.23. The van der Waals surface area contributed by atoms with Crippen LogP contribution in [0.1, 0.15) is 18.9 Å². The molecule has 1 aromatic carbocycles. The number of nitrogens with one attached hydrogen (secondary N) is 1. The Morgan fingerprint density at radius 2 is 2.19 bits per heavy atom. The standard InChI is InChI=1S/C12H17ClFNO/c1-12(16,5-6-15-2)8-9-3-4-10(13)11(14)7-9/h3-4,7,15-16H,5-6,8H2,1-2H3. The van der Waals surface area contributed by atoms with Crippen LogP contribution >= 0.6 is 11.6 Å². The van der Waals surface area contributed by atoms with Gasteiger partial charge in [0.05, 0.1) is 10.6 Å². The molecule has 0 radical (unpaired) electrons. The van der Waals surface area contributed by atoms with E-state index in [-0.39, 0.29) is 5.02 Å². The fourth-order valence-corrected chi connectivity index (χ4v) is 1.69. The van der Waals surface area contributed by atoms with Crippen LogP contribution in [0.3, 0.4) is 0 Å². The molecular formula is C12H17ClFNO. The van der Waals surface area contributed by atoms with Crippen LogP contribution in [0, 0.1) is 5.82 Å². The average Bonchev–Trinajstić information content (AvgIpc) is 2.20. The fourth-order valence-electron chi connectivity index (χ4n) is 1.57. The molecule has 0 saturated heterocycles. The van der Waals surface area contributed by atoms with Crippen molar-refractivity contribution in [2.45, 2.75) is 25.4 Å². The third-order valence-electron chi connectivity index (χ3n) is 2.48. The van der Waals surface area contributed by atoms with Gasteiger partial charge in [-0.3, -0.25) is 0 Å². The highest BCUT2D eigenvalue weighted by Gasteiger charge is 2.20. The zero-order valence-electron chi connectivity index (χ0n) is 9.56. The molecule has 0 aliphatic rings. The Balaban J connectivity index is 2.68. The van der Waals surface area contributed by atoms with E-state index in [1.54, 1.807) is 13.0 Å². The van der Waals surface area contributed by atoms with Crippen LogP contribution in [0.2, 0.25) is 5.02 Å². The molecule has 1 unspecified atom stereocenters. The monoisotopic (exact) mass is 245 g/mol. The minimum atomic E-state index is -0.830. The highest BCUT2D eigenvalue weighted by molar-refractivity contribution is 6.30. The molecule has 0 heterocycles. The summed E-state index contributed by atoms with van der Waals surface area (Å²) in [4.78, 5) is 0. The summed E-state index contributed by atoms with van der Waals surface area (Å²) in [5.41, 5.74) is -0.0773. The highest BCUT2D eigenvalue weighted by Crippen LogP contribution is 2.20. The normalized spacial score (nSPS) is 14.8. The van der Waals surface area contributed by atoms with Crippen LogP contribution in [-0.4, -0.2) is 24.3 Å². The second-order valence-electron chi connectivity index (χ2n) is 4.28. The van der Waals surface area contributed by atoms with Gasteiger partial charge in [-0.05, 0) is 44.6 Å². The molecule has 0 spiro atoms. The molecule has 0 aliphatic heterocycles. The van der Waals surface area contributed by atoms with Crippen molar-refractivity contribution in [1.82, 2.24) is 5.32 Å². The molecule has 16 heavy (non-hydrogen) atoms. The molecule has 0 amide bonds. The molecule has 0 saturated carbocycles. The third kappa shape index (κ3) is 4.08. The van der Waals surface area contributed by atoms with Crippen molar-refractivity contribution in [3.8, 4) is 0 Å². The van der Waals surface area contributed by atoms with Crippen LogP contribution in [0.5, 0.6) is 0 Å². The van der Waals surface area contributed by atoms with Gasteiger partial charge >= 0.3 is 0 Å². The first-order chi connectivity index (χ1) is 7.44. The number of benzene rings is 1. The maximum absolute atomic E-state index is 13.2. The Bertz CT molecular complexity index is 355. The van der Waals surface area contributed by atoms with Crippen LogP contribution in [0.4, 0.5) is 4.39 Å². The first-order valence-corrected chi connectivity index (χ1v) is 5.63. The number of halogens is 2. The van der Waals surface area contributed by atoms with E-state index in [0.717, 1.165) is 12.1 Å². The van der Waals surface area contributed by atoms with Gasteiger partial charge in [-0.1, -0.05) is 17.7 Å². The van der Waals surface area contributed by atoms with Crippen LogP contribution < -0.4 is 5.32 Å². The zero-order chi connectivity index (χ0) is 12.2. The van der Waals surface area contributed by atoms with Gasteiger partial charge in [0, 0.05) is 6.42 Å². The Kier molecular flexibility index (Phi) is 4.71. The summed E-state index contributed by atoms with van der Waals surface area (Å²) in [5, 5.41) is 13.1. The SMILES string of the molecule is CNCCC(C)(O)Cc1ccc(Cl)c(F)c1. The summed E-state index contributed by atoms with van der Waals surface area (Å²) < 4.78 is 13.2. The van der Waals surface area contributed by atoms with E-state index in [0.29, 0.717) is 12.8 Å². The van der Waals surface area contributed by atoms with Crippen molar-refractivity contribution in [3.05, 3.63) is 34.6 Å². The van der Waals surface area contributed by atoms with Crippen LogP contribution in [0.15, 0.2) is 18.2 Å². The predicted molar refractivity (Wildman–Crippen MR) is 64.3 cm³/mol. The van der Waals surface area contributed by atoms with Crippen molar-refractivity contribution >= 4 is 11.6 Å². The van der Waals surface area contributed by atoms with Gasteiger partial charge in [-0.2, -0.15) is 0 Å². The van der Waals surface area contributed by atoms with E-state index >= 15 is 0 Å². The smallest absolute Gasteiger partial charge is 0.142 e. The van der Waals surface area contributed by atoms with Gasteiger partial charge in [0.1, 0.15) is 5.82 Å². The first-order valence-electron chi connectivity index (χ1n) is 5.25. The second-order valence-corrected chi connectivity index (χ2v) is 4.68. The Hall–Kier alpha value is -0.640. The van der Waals surface area contributed by atoms with Crippen molar-refractivity contribution in [1.29, 1.82) is 0 Å². The lowest BCUT2D eigenvalue weighted by Crippen LogP contribution is -2.31. The Morgan fingerprint density at radius 1 is 1.50 bits per heavy atom. The Labute approximate surface area is 100 Å². The van der Waals surface area contributed by atoms with Gasteiger partial charge in [-0.25, -0.2) is 4.39 Å². The average molecular weight is 246 g/mol. The van der Waals surface area contributed by atoms with Gasteiger partial charge in [0.15, 0.2) is 0 Å². The molecule has 2 nitrogen and oxygen atoms in total. The van der Waals surface area contributed by atoms with E-state index in [1.807, 2.05) is 7.05 Å². The minimum Gasteiger partial charge on any atom is -0.390 e. The number of aliphatic hydroxyl groups is 1. The summed E-state index contributed by atoms with van der Waals surface area (Å²) in [7, 11) is 1.83. The number of hydrogen-bond acceptors (Lipinski definition) is 2. The van der Waals surface area contributed by atoms with Gasteiger partial charge in [0.25, 0.3) is 0 Å². The first kappa shape index (κ1) is 13.4. The zero-order valence-corrected chi connectivity index (χ0v) is 10.3. The van der Waals surface area contributed by atoms with Gasteiger partial charge < -0.3 is 10.4 Å². The van der Waals surface area contributed by atoms with Crippen molar-refractivity contribution in [2.24, 2.45) is 0 Å². The summed E-state index contributed by atoms with van der Waals surface area (Å²) >= 11 is 5.59. The molecule has 0 aromatic heterocycles. The van der Waals surface area contributed by atoms with Crippen LogP contribution in [0.25, 0.3) is 0 Å². The summed E-state index contributed by atoms with van der Waals surface area (Å²) in [6, 6.07) is 4.62. The molecule has 90 valence electrons. The topological polar surface area (TPSA) is 32.3 Å². The van der Waals surface area contributed by atoms with E-state index < -0.39 is 11.4 Å². The van der Waals surface area contributed by atoms with Crippen LogP contribution in [-0.2, 0) is 6.42 Å². The van der Waals surface area contributed by atoms with E-state index in [1.165, 1.54) is 12.1 Å². The molecule has 2 N–H and O–H groups in total. The van der Waals surface area contributed by atoms with E-state index in [2.05, 4.69) is 5.32 Å². The van der Waals surface area contributed by atoms with Crippen molar-refractivity contribution in [2.75, 3.05) is 13.6 Å². The van der Waals surface area contributed by atoms with Crippen molar-refractivity contribution in [3.63, 3.8) is 0 Å². The van der Waals surface area contributed by atoms with E-state index in [4.69, 9.17) is 11.6 Å². The molecule has 1 aromatic rings. The molecule has 1 rings (SSSR count). The molecule has 1 atom stereocenters. The summed E-state index contributed by atoms with van der Waals surface area (Å²) in [6.45, 7) is 2.47. The number of hydrogen-bond donors (Lipinski definition) is 2. The minimum absolute atomic E-state index is 0.110.